The monoisotopic (exact) mass is 729 g/mol. The third kappa shape index (κ3) is 7.27. The van der Waals surface area contributed by atoms with E-state index in [0.717, 1.165) is 33.6 Å². The van der Waals surface area contributed by atoms with E-state index in [1.54, 1.807) is 12.5 Å². The van der Waals surface area contributed by atoms with Gasteiger partial charge in [0.15, 0.2) is 11.6 Å². The predicted molar refractivity (Wildman–Crippen MR) is 230 cm³/mol. The average molecular weight is 730 g/mol. The summed E-state index contributed by atoms with van der Waals surface area (Å²) in [7, 11) is 0. The van der Waals surface area contributed by atoms with Gasteiger partial charge in [0.2, 0.25) is 5.95 Å². The quantitative estimate of drug-likeness (QED) is 0.146. The van der Waals surface area contributed by atoms with E-state index in [2.05, 4.69) is 124 Å². The van der Waals surface area contributed by atoms with Crippen LogP contribution in [0, 0.1) is 41.5 Å². The first kappa shape index (κ1) is 36.0. The van der Waals surface area contributed by atoms with Crippen LogP contribution in [0.5, 0.6) is 0 Å². The van der Waals surface area contributed by atoms with Crippen LogP contribution in [0.15, 0.2) is 152 Å². The fourth-order valence-electron chi connectivity index (χ4n) is 7.72. The lowest BCUT2D eigenvalue weighted by Gasteiger charge is -2.32. The van der Waals surface area contributed by atoms with E-state index in [1.807, 2.05) is 71.6 Å². The van der Waals surface area contributed by atoms with Crippen LogP contribution < -0.4 is 9.80 Å². The van der Waals surface area contributed by atoms with Crippen molar-refractivity contribution in [2.45, 2.75) is 41.5 Å². The molecule has 8 aromatic rings. The van der Waals surface area contributed by atoms with Gasteiger partial charge >= 0.3 is 0 Å². The Morgan fingerprint density at radius 3 is 1.43 bits per heavy atom. The molecule has 274 valence electrons. The number of hydrogen-bond acceptors (Lipinski definition) is 7. The Balaban J connectivity index is 1.30. The Hall–Kier alpha value is -6.99. The highest BCUT2D eigenvalue weighted by Crippen LogP contribution is 2.44. The molecule has 0 saturated heterocycles. The van der Waals surface area contributed by atoms with Gasteiger partial charge in [-0.1, -0.05) is 114 Å². The highest BCUT2D eigenvalue weighted by molar-refractivity contribution is 5.85. The minimum Gasteiger partial charge on any atom is -0.309 e. The Bertz CT molecular complexity index is 2540. The molecule has 56 heavy (non-hydrogen) atoms. The number of hydrogen-bond donors (Lipinski definition) is 0. The van der Waals surface area contributed by atoms with Crippen molar-refractivity contribution in [1.29, 1.82) is 0 Å². The van der Waals surface area contributed by atoms with E-state index < -0.39 is 0 Å². The maximum absolute atomic E-state index is 5.17. The molecular formula is C49H43N7. The fraction of sp³-hybridized carbons (Fsp3) is 0.122. The molecule has 7 heteroatoms. The number of nitrogens with zero attached hydrogens (tertiary/aromatic N) is 7. The standard InChI is InChI=1S/C49H43N7/c1-32-26-34(3)45(35(4)27-32)56(46-36(5)28-33(2)29-37(46)6)43-22-20-42(21-23-43)55(44-24-25-50-31-51-44)49-53-47(39-16-11-8-12-17-39)52-48(54-49)41-19-13-18-40(30-41)38-14-9-7-10-15-38/h7-31H,1-6H3. The van der Waals surface area contributed by atoms with Gasteiger partial charge in [0.25, 0.3) is 0 Å². The third-order valence-electron chi connectivity index (χ3n) is 9.96. The summed E-state index contributed by atoms with van der Waals surface area (Å²) >= 11 is 0. The van der Waals surface area contributed by atoms with Crippen molar-refractivity contribution in [3.8, 4) is 33.9 Å². The Morgan fingerprint density at radius 2 is 0.893 bits per heavy atom. The largest absolute Gasteiger partial charge is 0.309 e. The molecule has 6 aromatic carbocycles. The lowest BCUT2D eigenvalue weighted by atomic mass is 9.99. The number of benzene rings is 6. The minimum atomic E-state index is 0.442. The second kappa shape index (κ2) is 15.4. The van der Waals surface area contributed by atoms with E-state index in [4.69, 9.17) is 19.9 Å². The van der Waals surface area contributed by atoms with Crippen LogP contribution in [0.4, 0.5) is 34.5 Å². The molecule has 0 aliphatic rings. The highest BCUT2D eigenvalue weighted by Gasteiger charge is 2.24. The first-order valence-electron chi connectivity index (χ1n) is 18.8. The number of anilines is 6. The van der Waals surface area contributed by atoms with E-state index in [9.17, 15) is 0 Å². The van der Waals surface area contributed by atoms with Gasteiger partial charge in [-0.2, -0.15) is 9.97 Å². The lowest BCUT2D eigenvalue weighted by molar-refractivity contribution is 0.999. The molecule has 2 aromatic heterocycles. The summed E-state index contributed by atoms with van der Waals surface area (Å²) in [5.74, 6) is 2.20. The van der Waals surface area contributed by atoms with Crippen LogP contribution in [0.1, 0.15) is 33.4 Å². The molecule has 0 aliphatic carbocycles. The van der Waals surface area contributed by atoms with E-state index in [0.29, 0.717) is 23.4 Å². The summed E-state index contributed by atoms with van der Waals surface area (Å²) in [6.45, 7) is 13.1. The molecule has 0 amide bonds. The first-order chi connectivity index (χ1) is 27.2. The van der Waals surface area contributed by atoms with Crippen molar-refractivity contribution in [3.63, 3.8) is 0 Å². The van der Waals surface area contributed by atoms with Crippen molar-refractivity contribution in [2.24, 2.45) is 0 Å². The van der Waals surface area contributed by atoms with Crippen LogP contribution in [-0.2, 0) is 0 Å². The Morgan fingerprint density at radius 1 is 0.411 bits per heavy atom. The SMILES string of the molecule is Cc1cc(C)c(N(c2ccc(N(c3ccncn3)c3nc(-c4ccccc4)nc(-c4cccc(-c5ccccc5)c4)n3)cc2)c2c(C)cc(C)cc2C)c(C)c1. The third-order valence-corrected chi connectivity index (χ3v) is 9.96. The number of aryl methyl sites for hydroxylation is 6. The van der Waals surface area contributed by atoms with Crippen LogP contribution >= 0.6 is 0 Å². The molecule has 8 rings (SSSR count). The minimum absolute atomic E-state index is 0.442. The molecule has 2 heterocycles. The van der Waals surface area contributed by atoms with Crippen molar-refractivity contribution >= 4 is 34.5 Å². The van der Waals surface area contributed by atoms with Crippen LogP contribution in [0.2, 0.25) is 0 Å². The first-order valence-corrected chi connectivity index (χ1v) is 18.8. The molecule has 0 atom stereocenters. The molecular weight excluding hydrogens is 687 g/mol. The topological polar surface area (TPSA) is 70.9 Å². The predicted octanol–water partition coefficient (Wildman–Crippen LogP) is 12.5. The molecule has 0 aliphatic heterocycles. The second-order valence-electron chi connectivity index (χ2n) is 14.3. The summed E-state index contributed by atoms with van der Waals surface area (Å²) in [6, 6.07) is 48.2. The van der Waals surface area contributed by atoms with Crippen molar-refractivity contribution < 1.29 is 0 Å². The van der Waals surface area contributed by atoms with Gasteiger partial charge in [-0.25, -0.2) is 15.0 Å². The Kier molecular flexibility index (Phi) is 9.90. The lowest BCUT2D eigenvalue weighted by Crippen LogP contribution is -2.18. The fourth-order valence-corrected chi connectivity index (χ4v) is 7.72. The summed E-state index contributed by atoms with van der Waals surface area (Å²) in [5.41, 5.74) is 15.6. The van der Waals surface area contributed by atoms with Crippen LogP contribution in [-0.4, -0.2) is 24.9 Å². The summed E-state index contributed by atoms with van der Waals surface area (Å²) < 4.78 is 0. The van der Waals surface area contributed by atoms with E-state index in [-0.39, 0.29) is 0 Å². The van der Waals surface area contributed by atoms with Crippen molar-refractivity contribution in [3.05, 3.63) is 185 Å². The molecule has 7 nitrogen and oxygen atoms in total. The molecule has 0 fully saturated rings. The van der Waals surface area contributed by atoms with Gasteiger partial charge in [-0.05, 0) is 111 Å². The van der Waals surface area contributed by atoms with Gasteiger partial charge in [-0.3, -0.25) is 4.90 Å². The smallest absolute Gasteiger partial charge is 0.239 e. The maximum atomic E-state index is 5.17. The van der Waals surface area contributed by atoms with Gasteiger partial charge in [0.1, 0.15) is 12.1 Å². The Labute approximate surface area is 329 Å². The molecule has 0 spiro atoms. The molecule has 0 bridgehead atoms. The van der Waals surface area contributed by atoms with Gasteiger partial charge in [0.05, 0.1) is 17.1 Å². The average Bonchev–Trinajstić information content (AvgIpc) is 3.21. The van der Waals surface area contributed by atoms with Gasteiger partial charge in [-0.15, -0.1) is 0 Å². The van der Waals surface area contributed by atoms with E-state index >= 15 is 0 Å². The number of rotatable bonds is 9. The van der Waals surface area contributed by atoms with Crippen molar-refractivity contribution in [1.82, 2.24) is 24.9 Å². The molecule has 0 unspecified atom stereocenters. The summed E-state index contributed by atoms with van der Waals surface area (Å²) in [4.78, 5) is 28.6. The highest BCUT2D eigenvalue weighted by atomic mass is 15.3. The van der Waals surface area contributed by atoms with Gasteiger partial charge in [0, 0.05) is 23.0 Å². The molecule has 0 saturated carbocycles. The zero-order valence-electron chi connectivity index (χ0n) is 32.6. The molecule has 0 N–H and O–H groups in total. The number of aromatic nitrogens is 5. The van der Waals surface area contributed by atoms with Gasteiger partial charge < -0.3 is 4.90 Å². The molecule has 0 radical (unpaired) electrons. The second-order valence-corrected chi connectivity index (χ2v) is 14.3. The van der Waals surface area contributed by atoms with E-state index in [1.165, 1.54) is 44.8 Å². The van der Waals surface area contributed by atoms with Crippen LogP contribution in [0.3, 0.4) is 0 Å². The zero-order valence-corrected chi connectivity index (χ0v) is 32.6. The zero-order chi connectivity index (χ0) is 38.8. The normalized spacial score (nSPS) is 11.0. The van der Waals surface area contributed by atoms with Crippen molar-refractivity contribution in [2.75, 3.05) is 9.80 Å². The summed E-state index contributed by atoms with van der Waals surface area (Å²) in [6.07, 6.45) is 3.29. The summed E-state index contributed by atoms with van der Waals surface area (Å²) in [5, 5.41) is 0. The maximum Gasteiger partial charge on any atom is 0.239 e. The van der Waals surface area contributed by atoms with Crippen LogP contribution in [0.25, 0.3) is 33.9 Å².